The van der Waals surface area contributed by atoms with Gasteiger partial charge in [0.2, 0.25) is 0 Å². The van der Waals surface area contributed by atoms with Gasteiger partial charge in [-0.3, -0.25) is 0 Å². The molecule has 0 aliphatic rings. The second-order valence-electron chi connectivity index (χ2n) is 2.42. The number of hydrogen-bond donors (Lipinski definition) is 1. The van der Waals surface area contributed by atoms with E-state index in [4.69, 9.17) is 4.74 Å². The van der Waals surface area contributed by atoms with Crippen LogP contribution in [0.15, 0.2) is 0 Å². The van der Waals surface area contributed by atoms with Crippen LogP contribution in [0.1, 0.15) is 20.8 Å². The Balaban J connectivity index is 0. The van der Waals surface area contributed by atoms with Gasteiger partial charge in [0.05, 0.1) is 0 Å². The molecule has 0 unspecified atom stereocenters. The van der Waals surface area contributed by atoms with Crippen molar-refractivity contribution < 1.29 is 21.7 Å². The second-order valence-corrected chi connectivity index (χ2v) is 15.5. The molecule has 0 aliphatic heterocycles. The van der Waals surface area contributed by atoms with Crippen molar-refractivity contribution >= 4 is 27.3 Å². The average Bonchev–Trinajstić information content (AvgIpc) is 2.10. The Bertz CT molecular complexity index is 100. The largest absolute Gasteiger partial charge is 1.00 e. The van der Waals surface area contributed by atoms with Crippen molar-refractivity contribution in [2.24, 2.45) is 0 Å². The van der Waals surface area contributed by atoms with Crippen molar-refractivity contribution in [3.05, 3.63) is 0 Å². The van der Waals surface area contributed by atoms with E-state index in [0.717, 1.165) is 17.9 Å². The Hall–Kier alpha value is 1.55. The van der Waals surface area contributed by atoms with E-state index in [1.807, 2.05) is 0 Å². The normalized spacial score (nSPS) is 9.46. The molecule has 0 atom stereocenters. The van der Waals surface area contributed by atoms with Gasteiger partial charge in [-0.05, 0) is 0 Å². The quantitative estimate of drug-likeness (QED) is 0.329. The molecule has 0 amide bonds. The van der Waals surface area contributed by atoms with Gasteiger partial charge in [0, 0.05) is 0 Å². The summed E-state index contributed by atoms with van der Waals surface area (Å²) in [5.74, 6) is 1.27. The Morgan fingerprint density at radius 1 is 1.31 bits per heavy atom. The van der Waals surface area contributed by atoms with Crippen LogP contribution < -0.4 is 22.3 Å². The molecule has 0 aromatic heterocycles. The molecule has 0 spiro atoms. The van der Waals surface area contributed by atoms with Crippen molar-refractivity contribution in [3.63, 3.8) is 0 Å². The summed E-state index contributed by atoms with van der Waals surface area (Å²) in [6.07, 6.45) is 0. The maximum Gasteiger partial charge on any atom is -1.00 e. The Morgan fingerprint density at radius 3 is 2.46 bits per heavy atom. The van der Waals surface area contributed by atoms with Crippen LogP contribution in [0.5, 0.6) is 0 Å². The fourth-order valence-electron chi connectivity index (χ4n) is 0.789. The second kappa shape index (κ2) is 13.5. The van der Waals surface area contributed by atoms with Gasteiger partial charge in [0.1, 0.15) is 0 Å². The van der Waals surface area contributed by atoms with Crippen LogP contribution in [0.4, 0.5) is 0 Å². The first-order valence-electron chi connectivity index (χ1n) is 4.61. The van der Waals surface area contributed by atoms with Crippen molar-refractivity contribution in [1.29, 1.82) is 0 Å². The van der Waals surface area contributed by atoms with Crippen LogP contribution in [0.2, 0.25) is 4.44 Å². The van der Waals surface area contributed by atoms with Crippen LogP contribution in [0.3, 0.4) is 0 Å². The molecule has 0 aliphatic carbocycles. The zero-order chi connectivity index (χ0) is 9.23. The summed E-state index contributed by atoms with van der Waals surface area (Å²) in [5.41, 5.74) is 0. The fourth-order valence-corrected chi connectivity index (χ4v) is 9.52. The fraction of sp³-hybridized carbons (Fsp3) is 1.00. The van der Waals surface area contributed by atoms with Crippen molar-refractivity contribution in [2.75, 3.05) is 23.7 Å². The zero-order valence-corrected chi connectivity index (χ0v) is 14.0. The maximum absolute atomic E-state index is 5.54. The summed E-state index contributed by atoms with van der Waals surface area (Å²) in [4.78, 5) is 0. The molecule has 0 heterocycles. The van der Waals surface area contributed by atoms with Crippen LogP contribution >= 0.6 is 8.95 Å². The molecule has 0 aromatic rings. The Labute approximate surface area is 103 Å². The predicted octanol–water partition coefficient (Wildman–Crippen LogP) is -1.12. The van der Waals surface area contributed by atoms with Crippen LogP contribution in [-0.4, -0.2) is 42.0 Å². The number of hydrogen-bond acceptors (Lipinski definition) is 3. The third-order valence-electron chi connectivity index (χ3n) is 1.46. The minimum atomic E-state index is -1.13. The molecular weight excluding hydrogens is 357 g/mol. The number of rotatable bonds is 8. The van der Waals surface area contributed by atoms with Crippen LogP contribution in [0, 0.1) is 0 Å². The summed E-state index contributed by atoms with van der Waals surface area (Å²) >= 11 is -1.13. The molecule has 0 radical (unpaired) electrons. The van der Waals surface area contributed by atoms with E-state index in [2.05, 4.69) is 35.0 Å². The summed E-state index contributed by atoms with van der Waals surface area (Å²) in [7, 11) is 2.18. The van der Waals surface area contributed by atoms with E-state index in [1.165, 1.54) is 10.2 Å². The number of ether oxygens (including phenoxy) is 1. The summed E-state index contributed by atoms with van der Waals surface area (Å²) in [6, 6.07) is 0. The number of nitrogens with one attached hydrogen (secondary N) is 1. The maximum atomic E-state index is 5.54. The van der Waals surface area contributed by atoms with Gasteiger partial charge >= 0.3 is 86.2 Å². The molecule has 80 valence electrons. The standard InChI is InChI=1S/C4H10NO.C2H6S.C2H5.BrH.Sn/c1-3-5-4-6-2;1-2-3;1-2;;/h5H,2-4H2,1H3;3H,2H2,1H3;1H2,2H3;1H;/q;;;;+2/p-2. The summed E-state index contributed by atoms with van der Waals surface area (Å²) < 4.78 is 8.00. The minimum absolute atomic E-state index is 0. The van der Waals surface area contributed by atoms with E-state index < -0.39 is 18.4 Å². The molecule has 1 N–H and O–H groups in total. The SMILES string of the molecule is CCNCO[CH2][Sn+]([CH2]C)[S]CC.[Br-]. The van der Waals surface area contributed by atoms with E-state index in [-0.39, 0.29) is 17.0 Å². The van der Waals surface area contributed by atoms with E-state index in [1.54, 1.807) is 0 Å². The van der Waals surface area contributed by atoms with E-state index >= 15 is 0 Å². The summed E-state index contributed by atoms with van der Waals surface area (Å²) in [5, 5.41) is 3.17. The first-order valence-corrected chi connectivity index (χ1v) is 13.1. The van der Waals surface area contributed by atoms with Gasteiger partial charge in [-0.25, -0.2) is 0 Å². The monoisotopic (exact) mass is 377 g/mol. The summed E-state index contributed by atoms with van der Waals surface area (Å²) in [6.45, 7) is 8.39. The van der Waals surface area contributed by atoms with Crippen molar-refractivity contribution in [3.8, 4) is 0 Å². The predicted molar refractivity (Wildman–Crippen MR) is 58.9 cm³/mol. The molecule has 0 aromatic carbocycles. The molecule has 0 rings (SSSR count). The molecule has 0 fully saturated rings. The van der Waals surface area contributed by atoms with Crippen LogP contribution in [-0.2, 0) is 4.74 Å². The van der Waals surface area contributed by atoms with Gasteiger partial charge in [-0.1, -0.05) is 0 Å². The molecule has 0 saturated carbocycles. The van der Waals surface area contributed by atoms with Crippen LogP contribution in [0.25, 0.3) is 0 Å². The molecule has 13 heavy (non-hydrogen) atoms. The smallest absolute Gasteiger partial charge is 1.00 e. The molecule has 2 nitrogen and oxygen atoms in total. The van der Waals surface area contributed by atoms with Gasteiger partial charge < -0.3 is 17.0 Å². The first kappa shape index (κ1) is 17.0. The molecule has 5 heteroatoms. The van der Waals surface area contributed by atoms with Gasteiger partial charge in [-0.15, -0.1) is 0 Å². The van der Waals surface area contributed by atoms with Crippen molar-refractivity contribution in [2.45, 2.75) is 25.2 Å². The third kappa shape index (κ3) is 11.5. The van der Waals surface area contributed by atoms with Gasteiger partial charge in [-0.2, -0.15) is 0 Å². The van der Waals surface area contributed by atoms with Gasteiger partial charge in [0.15, 0.2) is 0 Å². The number of halogens is 1. The van der Waals surface area contributed by atoms with Gasteiger partial charge in [0.25, 0.3) is 0 Å². The van der Waals surface area contributed by atoms with E-state index in [9.17, 15) is 0 Å². The minimum Gasteiger partial charge on any atom is -1.00 e. The first-order chi connectivity index (χ1) is 5.85. The Morgan fingerprint density at radius 2 is 2.00 bits per heavy atom. The van der Waals surface area contributed by atoms with Crippen molar-refractivity contribution in [1.82, 2.24) is 5.32 Å². The molecule has 0 bridgehead atoms. The third-order valence-corrected chi connectivity index (χ3v) is 14.6. The molecular formula is C8H20BrNOSSn. The Kier molecular flexibility index (Phi) is 17.7. The average molecular weight is 377 g/mol. The van der Waals surface area contributed by atoms with E-state index in [0.29, 0.717) is 0 Å². The topological polar surface area (TPSA) is 21.3 Å². The molecule has 0 saturated heterocycles. The zero-order valence-electron chi connectivity index (χ0n) is 8.73.